The fourth-order valence-electron chi connectivity index (χ4n) is 1.19. The third-order valence-electron chi connectivity index (χ3n) is 1.85. The van der Waals surface area contributed by atoms with Gasteiger partial charge in [-0.15, -0.1) is 0 Å². The zero-order valence-corrected chi connectivity index (χ0v) is 10.7. The molecule has 0 aliphatic rings. The molecule has 1 unspecified atom stereocenters. The smallest absolute Gasteiger partial charge is 0.295 e. The summed E-state index contributed by atoms with van der Waals surface area (Å²) in [6.07, 6.45) is 0. The number of thioether (sulfide) groups is 1. The first kappa shape index (κ1) is 14.3. The second kappa shape index (κ2) is 6.22. The van der Waals surface area contributed by atoms with Crippen molar-refractivity contribution in [3.05, 3.63) is 28.3 Å². The molecule has 0 aromatic heterocycles. The van der Waals surface area contributed by atoms with E-state index in [2.05, 4.69) is 10.9 Å². The normalized spacial score (nSPS) is 11.7. The summed E-state index contributed by atoms with van der Waals surface area (Å²) < 4.78 is 0. The van der Waals surface area contributed by atoms with Gasteiger partial charge in [-0.05, 0) is 19.1 Å². The average molecular weight is 271 g/mol. The summed E-state index contributed by atoms with van der Waals surface area (Å²) in [6.45, 7) is 2.86. The van der Waals surface area contributed by atoms with Crippen molar-refractivity contribution in [3.8, 4) is 0 Å². The Morgan fingerprint density at radius 1 is 1.56 bits per heavy atom. The molecular weight excluding hydrogens is 258 g/mol. The van der Waals surface area contributed by atoms with Gasteiger partial charge in [-0.25, -0.2) is 0 Å². The summed E-state index contributed by atoms with van der Waals surface area (Å²) in [5, 5.41) is 20.1. The molecule has 0 fully saturated rings. The SMILES string of the molecule is CC(=O)NNc1ccc(SC(C)O)cc1[N+](=O)[O-]. The lowest BCUT2D eigenvalue weighted by atomic mass is 10.3. The minimum Gasteiger partial charge on any atom is -0.382 e. The second-order valence-electron chi connectivity index (χ2n) is 3.46. The highest BCUT2D eigenvalue weighted by Crippen LogP contribution is 2.31. The van der Waals surface area contributed by atoms with Gasteiger partial charge in [0.15, 0.2) is 0 Å². The summed E-state index contributed by atoms with van der Waals surface area (Å²) in [5.41, 5.74) is 4.09. The number of benzene rings is 1. The fraction of sp³-hybridized carbons (Fsp3) is 0.300. The molecule has 1 atom stereocenters. The number of hydrogen-bond acceptors (Lipinski definition) is 6. The minimum atomic E-state index is -0.654. The van der Waals surface area contributed by atoms with Crippen LogP contribution in [0.3, 0.4) is 0 Å². The Labute approximate surface area is 108 Å². The molecule has 98 valence electrons. The lowest BCUT2D eigenvalue weighted by molar-refractivity contribution is -0.384. The molecular formula is C10H13N3O4S. The van der Waals surface area contributed by atoms with E-state index in [1.807, 2.05) is 0 Å². The van der Waals surface area contributed by atoms with Gasteiger partial charge in [-0.3, -0.25) is 25.8 Å². The summed E-state index contributed by atoms with van der Waals surface area (Å²) in [5.74, 6) is -0.355. The third kappa shape index (κ3) is 4.22. The van der Waals surface area contributed by atoms with Crippen molar-refractivity contribution in [3.63, 3.8) is 0 Å². The summed E-state index contributed by atoms with van der Waals surface area (Å²) in [7, 11) is 0. The second-order valence-corrected chi connectivity index (χ2v) is 4.85. The van der Waals surface area contributed by atoms with Gasteiger partial charge in [0, 0.05) is 17.9 Å². The number of amides is 1. The maximum absolute atomic E-state index is 10.9. The predicted octanol–water partition coefficient (Wildman–Crippen LogP) is 1.49. The molecule has 0 spiro atoms. The first-order chi connectivity index (χ1) is 8.40. The van der Waals surface area contributed by atoms with E-state index in [0.29, 0.717) is 4.90 Å². The van der Waals surface area contributed by atoms with E-state index in [1.165, 1.54) is 19.1 Å². The predicted molar refractivity (Wildman–Crippen MR) is 68.1 cm³/mol. The number of hydrazine groups is 1. The van der Waals surface area contributed by atoms with Gasteiger partial charge in [0.25, 0.3) is 5.69 Å². The summed E-state index contributed by atoms with van der Waals surface area (Å²) in [4.78, 5) is 21.6. The van der Waals surface area contributed by atoms with Gasteiger partial charge in [-0.2, -0.15) is 0 Å². The summed E-state index contributed by atoms with van der Waals surface area (Å²) >= 11 is 1.10. The highest BCUT2D eigenvalue weighted by molar-refractivity contribution is 7.99. The Kier molecular flexibility index (Phi) is 4.93. The number of hydrogen-bond donors (Lipinski definition) is 3. The van der Waals surface area contributed by atoms with Crippen molar-refractivity contribution in [1.29, 1.82) is 0 Å². The van der Waals surface area contributed by atoms with Crippen LogP contribution in [0.2, 0.25) is 0 Å². The number of nitro benzene ring substituents is 1. The molecule has 18 heavy (non-hydrogen) atoms. The molecule has 0 saturated heterocycles. The highest BCUT2D eigenvalue weighted by Gasteiger charge is 2.15. The van der Waals surface area contributed by atoms with Gasteiger partial charge in [0.05, 0.1) is 4.92 Å². The zero-order valence-electron chi connectivity index (χ0n) is 9.84. The van der Waals surface area contributed by atoms with Crippen molar-refractivity contribution in [2.45, 2.75) is 24.2 Å². The van der Waals surface area contributed by atoms with E-state index >= 15 is 0 Å². The Morgan fingerprint density at radius 2 is 2.22 bits per heavy atom. The van der Waals surface area contributed by atoms with Crippen LogP contribution in [0.15, 0.2) is 23.1 Å². The lowest BCUT2D eigenvalue weighted by Crippen LogP contribution is -2.26. The zero-order chi connectivity index (χ0) is 13.7. The lowest BCUT2D eigenvalue weighted by Gasteiger charge is -2.09. The van der Waals surface area contributed by atoms with Crippen LogP contribution in [0.1, 0.15) is 13.8 Å². The van der Waals surface area contributed by atoms with Crippen molar-refractivity contribution in [1.82, 2.24) is 5.43 Å². The van der Waals surface area contributed by atoms with Crippen LogP contribution in [0.5, 0.6) is 0 Å². The molecule has 0 bridgehead atoms. The number of nitrogens with zero attached hydrogens (tertiary/aromatic N) is 1. The topological polar surface area (TPSA) is 104 Å². The number of nitro groups is 1. The standard InChI is InChI=1S/C10H13N3O4S/c1-6(14)11-12-9-4-3-8(18-7(2)15)5-10(9)13(16)17/h3-5,7,12,15H,1-2H3,(H,11,14). The fourth-order valence-corrected chi connectivity index (χ4v) is 1.91. The van der Waals surface area contributed by atoms with Crippen molar-refractivity contribution >= 4 is 29.0 Å². The molecule has 7 nitrogen and oxygen atoms in total. The van der Waals surface area contributed by atoms with Crippen LogP contribution in [0, 0.1) is 10.1 Å². The van der Waals surface area contributed by atoms with Crippen molar-refractivity contribution in [2.24, 2.45) is 0 Å². The van der Waals surface area contributed by atoms with Crippen LogP contribution in [-0.2, 0) is 4.79 Å². The van der Waals surface area contributed by atoms with Crippen LogP contribution in [0.25, 0.3) is 0 Å². The monoisotopic (exact) mass is 271 g/mol. The molecule has 0 heterocycles. The number of aliphatic hydroxyl groups is 1. The molecule has 3 N–H and O–H groups in total. The van der Waals surface area contributed by atoms with E-state index in [0.717, 1.165) is 11.8 Å². The Morgan fingerprint density at radius 3 is 2.72 bits per heavy atom. The van der Waals surface area contributed by atoms with Crippen molar-refractivity contribution in [2.75, 3.05) is 5.43 Å². The molecule has 8 heteroatoms. The number of rotatable bonds is 5. The van der Waals surface area contributed by atoms with E-state index in [1.54, 1.807) is 13.0 Å². The van der Waals surface area contributed by atoms with E-state index < -0.39 is 10.4 Å². The molecule has 0 saturated carbocycles. The number of nitrogens with one attached hydrogen (secondary N) is 2. The van der Waals surface area contributed by atoms with Crippen LogP contribution < -0.4 is 10.9 Å². The first-order valence-electron chi connectivity index (χ1n) is 5.06. The number of anilines is 1. The highest BCUT2D eigenvalue weighted by atomic mass is 32.2. The Bertz CT molecular complexity index is 464. The molecule has 0 radical (unpaired) electrons. The number of carbonyl (C=O) groups is 1. The molecule has 0 aliphatic heterocycles. The largest absolute Gasteiger partial charge is 0.382 e. The molecule has 0 aliphatic carbocycles. The van der Waals surface area contributed by atoms with Crippen LogP contribution >= 0.6 is 11.8 Å². The Hall–Kier alpha value is -1.80. The molecule has 1 aromatic carbocycles. The molecule has 1 aromatic rings. The Balaban J connectivity index is 2.97. The minimum absolute atomic E-state index is 0.172. The van der Waals surface area contributed by atoms with E-state index in [-0.39, 0.29) is 17.3 Å². The summed E-state index contributed by atoms with van der Waals surface area (Å²) in [6, 6.07) is 4.43. The van der Waals surface area contributed by atoms with Gasteiger partial charge in [0.2, 0.25) is 5.91 Å². The van der Waals surface area contributed by atoms with Gasteiger partial charge in [-0.1, -0.05) is 11.8 Å². The van der Waals surface area contributed by atoms with E-state index in [9.17, 15) is 20.0 Å². The van der Waals surface area contributed by atoms with Crippen LogP contribution in [-0.4, -0.2) is 21.4 Å². The van der Waals surface area contributed by atoms with Crippen molar-refractivity contribution < 1.29 is 14.8 Å². The molecule has 1 amide bonds. The van der Waals surface area contributed by atoms with Gasteiger partial charge >= 0.3 is 0 Å². The van der Waals surface area contributed by atoms with Gasteiger partial charge < -0.3 is 5.11 Å². The maximum atomic E-state index is 10.9. The average Bonchev–Trinajstić information content (AvgIpc) is 2.26. The first-order valence-corrected chi connectivity index (χ1v) is 5.94. The quantitative estimate of drug-likeness (QED) is 0.324. The number of carbonyl (C=O) groups excluding carboxylic acids is 1. The van der Waals surface area contributed by atoms with Crippen LogP contribution in [0.4, 0.5) is 11.4 Å². The van der Waals surface area contributed by atoms with Gasteiger partial charge in [0.1, 0.15) is 11.1 Å². The van der Waals surface area contributed by atoms with E-state index in [4.69, 9.17) is 0 Å². The maximum Gasteiger partial charge on any atom is 0.295 e. The third-order valence-corrected chi connectivity index (χ3v) is 2.71. The number of aliphatic hydroxyl groups excluding tert-OH is 1. The molecule has 1 rings (SSSR count).